The average Bonchev–Trinajstić information content (AvgIpc) is 3.18. The van der Waals surface area contributed by atoms with Gasteiger partial charge in [0.25, 0.3) is 7.94 Å². The summed E-state index contributed by atoms with van der Waals surface area (Å²) >= 11 is 0. The Kier molecular flexibility index (Phi) is 10.3. The van der Waals surface area contributed by atoms with Crippen molar-refractivity contribution in [3.05, 3.63) is 182 Å². The molecule has 0 aromatic heterocycles. The largest absolute Gasteiger partial charge is 0.683 e. The first-order valence-electron chi connectivity index (χ1n) is 17.1. The summed E-state index contributed by atoms with van der Waals surface area (Å²) in [6.45, 7) is 0. The lowest BCUT2D eigenvalue weighted by atomic mass is 9.93. The summed E-state index contributed by atoms with van der Waals surface area (Å²) in [5, 5.41) is 6.63. The highest BCUT2D eigenvalue weighted by molar-refractivity contribution is 7.81. The maximum atomic E-state index is 13.5. The van der Waals surface area contributed by atoms with Crippen LogP contribution in [-0.2, 0) is 0 Å². The second kappa shape index (κ2) is 15.1. The van der Waals surface area contributed by atoms with Gasteiger partial charge in [-0.3, -0.25) is 0 Å². The lowest BCUT2D eigenvalue weighted by Gasteiger charge is -2.43. The molecule has 0 spiro atoms. The lowest BCUT2D eigenvalue weighted by Crippen LogP contribution is -2.42. The number of benzene rings is 8. The first kappa shape index (κ1) is 36.7. The van der Waals surface area contributed by atoms with Gasteiger partial charge < -0.3 is 19.6 Å². The van der Waals surface area contributed by atoms with Crippen molar-refractivity contribution in [2.75, 3.05) is 0 Å². The molecule has 0 saturated heterocycles. The van der Waals surface area contributed by atoms with E-state index in [0.29, 0.717) is 37.7 Å². The summed E-state index contributed by atoms with van der Waals surface area (Å²) in [7, 11) is -13.1. The maximum absolute atomic E-state index is 13.5. The molecule has 8 aromatic carbocycles. The first-order chi connectivity index (χ1) is 26.1. The first-order valence-corrected chi connectivity index (χ1v) is 23.0. The SMILES string of the molecule is [O-][P+]([O-])([O-])c1cc(P(c2ccccc2)c2ccccc2)c(-c2c(P(c3ccccc3)c3ccccc3)cc([P+]([O-])(O)O)c3ccccc23)c2ccccc12. The van der Waals surface area contributed by atoms with Crippen molar-refractivity contribution in [3.8, 4) is 11.1 Å². The predicted molar refractivity (Wildman–Crippen MR) is 222 cm³/mol. The Balaban J connectivity index is 1.63. The van der Waals surface area contributed by atoms with Gasteiger partial charge in [0.1, 0.15) is 0 Å². The van der Waals surface area contributed by atoms with Crippen LogP contribution in [0.15, 0.2) is 182 Å². The molecule has 0 fully saturated rings. The standard InChI is InChI=1S/C44H34O6P4/c45-53(46,47)41-29-39(51(31-17-5-1-6-18-31)32-19-7-2-8-20-32)43(37-27-15-13-25-35(37)41)44-38-28-16-14-26-36(38)42(54(48,49)50)30-40(44)52(33-21-9-3-10-22-33)34-23-11-4-12-24-34/h1-30H,(H2,45,46,47)(H2,48,49,50)/p-2. The van der Waals surface area contributed by atoms with Crippen LogP contribution >= 0.6 is 31.7 Å². The van der Waals surface area contributed by atoms with Crippen LogP contribution in [0.5, 0.6) is 0 Å². The fourth-order valence-corrected chi connectivity index (χ4v) is 14.0. The van der Waals surface area contributed by atoms with Gasteiger partial charge in [-0.15, -0.1) is 7.94 Å². The molecule has 2 N–H and O–H groups in total. The fourth-order valence-electron chi connectivity index (χ4n) is 7.19. The molecular weight excluding hydrogens is 748 g/mol. The van der Waals surface area contributed by atoms with E-state index in [1.165, 1.54) is 0 Å². The normalized spacial score (nSPS) is 12.2. The van der Waals surface area contributed by atoms with E-state index in [1.54, 1.807) is 36.4 Å². The Hall–Kier alpha value is -4.24. The molecule has 10 heteroatoms. The van der Waals surface area contributed by atoms with E-state index in [0.717, 1.165) is 26.8 Å². The second-order valence-electron chi connectivity index (χ2n) is 12.7. The van der Waals surface area contributed by atoms with Gasteiger partial charge in [-0.1, -0.05) is 170 Å². The summed E-state index contributed by atoms with van der Waals surface area (Å²) in [6, 6.07) is 57.0. The molecular formula is C44H32O6P4-2. The van der Waals surface area contributed by atoms with E-state index in [9.17, 15) is 29.4 Å². The highest BCUT2D eigenvalue weighted by Gasteiger charge is 2.35. The van der Waals surface area contributed by atoms with Crippen molar-refractivity contribution < 1.29 is 29.4 Å². The zero-order chi connectivity index (χ0) is 37.5. The van der Waals surface area contributed by atoms with Gasteiger partial charge in [-0.05, 0) is 81.7 Å². The number of rotatable bonds is 9. The van der Waals surface area contributed by atoms with Gasteiger partial charge in [-0.25, -0.2) is 9.79 Å². The van der Waals surface area contributed by atoms with Crippen molar-refractivity contribution >= 4 is 95.7 Å². The van der Waals surface area contributed by atoms with Crippen molar-refractivity contribution in [2.45, 2.75) is 0 Å². The smallest absolute Gasteiger partial charge is 0.264 e. The topological polar surface area (TPSA) is 133 Å². The zero-order valence-electron chi connectivity index (χ0n) is 28.6. The second-order valence-corrected chi connectivity index (χ2v) is 20.1. The molecule has 266 valence electrons. The van der Waals surface area contributed by atoms with E-state index < -0.39 is 31.7 Å². The van der Waals surface area contributed by atoms with E-state index in [2.05, 4.69) is 0 Å². The Morgan fingerprint density at radius 2 is 0.630 bits per heavy atom. The molecule has 0 unspecified atom stereocenters. The molecule has 0 bridgehead atoms. The Morgan fingerprint density at radius 1 is 0.352 bits per heavy atom. The molecule has 0 aliphatic carbocycles. The molecule has 8 rings (SSSR count). The summed E-state index contributed by atoms with van der Waals surface area (Å²) in [5.41, 5.74) is 1.44. The zero-order valence-corrected chi connectivity index (χ0v) is 32.2. The number of fused-ring (bicyclic) bond motifs is 2. The molecule has 8 aromatic rings. The summed E-state index contributed by atoms with van der Waals surface area (Å²) in [5.74, 6) is 0. The number of hydrogen-bond donors (Lipinski definition) is 2. The summed E-state index contributed by atoms with van der Waals surface area (Å²) in [6.07, 6.45) is 0. The summed E-state index contributed by atoms with van der Waals surface area (Å²) in [4.78, 5) is 75.1. The quantitative estimate of drug-likeness (QED) is 0.216. The Labute approximate surface area is 317 Å². The third kappa shape index (κ3) is 7.04. The van der Waals surface area contributed by atoms with E-state index >= 15 is 0 Å². The van der Waals surface area contributed by atoms with E-state index in [1.807, 2.05) is 146 Å². The molecule has 0 heterocycles. The van der Waals surface area contributed by atoms with E-state index in [4.69, 9.17) is 0 Å². The molecule has 0 atom stereocenters. The third-order valence-corrected chi connectivity index (χ3v) is 16.3. The Bertz CT molecular complexity index is 2320. The average molecular weight is 781 g/mol. The van der Waals surface area contributed by atoms with Crippen LogP contribution in [0, 0.1) is 0 Å². The van der Waals surface area contributed by atoms with Crippen LogP contribution in [0.4, 0.5) is 0 Å². The van der Waals surface area contributed by atoms with Gasteiger partial charge in [0.2, 0.25) is 0 Å². The van der Waals surface area contributed by atoms with Crippen molar-refractivity contribution in [1.82, 2.24) is 0 Å². The molecule has 0 amide bonds. The molecule has 0 radical (unpaired) electrons. The molecule has 0 aliphatic rings. The minimum atomic E-state index is -5.32. The fraction of sp³-hybridized carbons (Fsp3) is 0. The maximum Gasteiger partial charge on any atom is 0.264 e. The number of hydrogen-bond acceptors (Lipinski definition) is 6. The highest BCUT2D eigenvalue weighted by Crippen LogP contribution is 2.49. The lowest BCUT2D eigenvalue weighted by molar-refractivity contribution is -0.421. The Morgan fingerprint density at radius 3 is 0.944 bits per heavy atom. The molecule has 0 aliphatic heterocycles. The van der Waals surface area contributed by atoms with Crippen LogP contribution in [0.25, 0.3) is 32.7 Å². The summed E-state index contributed by atoms with van der Waals surface area (Å²) < 4.78 is 0. The van der Waals surface area contributed by atoms with Gasteiger partial charge in [-0.2, -0.15) is 0 Å². The van der Waals surface area contributed by atoms with Crippen LogP contribution in [0.2, 0.25) is 0 Å². The van der Waals surface area contributed by atoms with Crippen molar-refractivity contribution in [2.24, 2.45) is 0 Å². The van der Waals surface area contributed by atoms with Gasteiger partial charge in [0.15, 0.2) is 5.30 Å². The van der Waals surface area contributed by atoms with E-state index in [-0.39, 0.29) is 10.6 Å². The monoisotopic (exact) mass is 780 g/mol. The van der Waals surface area contributed by atoms with Crippen molar-refractivity contribution in [1.29, 1.82) is 0 Å². The van der Waals surface area contributed by atoms with Crippen LogP contribution in [0.3, 0.4) is 0 Å². The van der Waals surface area contributed by atoms with Crippen LogP contribution in [0.1, 0.15) is 0 Å². The minimum Gasteiger partial charge on any atom is -0.683 e. The van der Waals surface area contributed by atoms with Gasteiger partial charge in [0.05, 0.1) is 5.30 Å². The molecule has 54 heavy (non-hydrogen) atoms. The third-order valence-electron chi connectivity index (χ3n) is 9.40. The van der Waals surface area contributed by atoms with Crippen molar-refractivity contribution in [3.63, 3.8) is 0 Å². The van der Waals surface area contributed by atoms with Crippen LogP contribution < -0.4 is 62.0 Å². The minimum absolute atomic E-state index is 0.0873. The highest BCUT2D eigenvalue weighted by atomic mass is 31.2. The van der Waals surface area contributed by atoms with Crippen LogP contribution in [-0.4, -0.2) is 9.79 Å². The molecule has 0 saturated carbocycles. The predicted octanol–water partition coefficient (Wildman–Crippen LogP) is 3.38. The van der Waals surface area contributed by atoms with Gasteiger partial charge >= 0.3 is 0 Å². The molecule has 6 nitrogen and oxygen atoms in total. The van der Waals surface area contributed by atoms with Gasteiger partial charge in [0, 0.05) is 10.8 Å².